The number of nitrogens with zero attached hydrogens (tertiary/aromatic N) is 2. The molecule has 0 saturated heterocycles. The van der Waals surface area contributed by atoms with Crippen LogP contribution in [0.5, 0.6) is 0 Å². The van der Waals surface area contributed by atoms with Crippen molar-refractivity contribution < 1.29 is 70.2 Å². The predicted octanol–water partition coefficient (Wildman–Crippen LogP) is 13.5. The molecule has 0 aliphatic carbocycles. The molecule has 2 N–H and O–H groups in total. The fourth-order valence-corrected chi connectivity index (χ4v) is 7.43. The van der Waals surface area contributed by atoms with Crippen LogP contribution in [0, 0.1) is 93.1 Å². The second-order valence-corrected chi connectivity index (χ2v) is 13.9. The number of hydrogen-bond donors (Lipinski definition) is 2. The molecule has 322 valence electrons. The first kappa shape index (κ1) is 41.7. The van der Waals surface area contributed by atoms with Gasteiger partial charge in [0.25, 0.3) is 0 Å². The zero-order valence-corrected chi connectivity index (χ0v) is 30.9. The van der Waals surface area contributed by atoms with Crippen molar-refractivity contribution in [1.82, 2.24) is 19.9 Å². The number of nitrogens with one attached hydrogen (secondary N) is 2. The van der Waals surface area contributed by atoms with Gasteiger partial charge in [-0.1, -0.05) is 0 Å². The quantitative estimate of drug-likeness (QED) is 0.137. The van der Waals surface area contributed by atoms with E-state index in [-0.39, 0.29) is 24.3 Å². The van der Waals surface area contributed by atoms with Gasteiger partial charge in [0.05, 0.1) is 45.0 Å². The molecule has 9 rings (SSSR count). The molecule has 4 nitrogen and oxygen atoms in total. The van der Waals surface area contributed by atoms with Crippen molar-refractivity contribution in [2.75, 3.05) is 0 Å². The standard InChI is InChI=1S/C44H14F16N4/c45-13-9-14(46)38(54)33(37(13)53)29-21-1-2-22(61-21)30(34-39(55)15(47)10-16(48)40(34)56)24-5-6-26(63-24)32(36-43(59)19(51)12-20(52)44(36)60)28-8-7-27(64-28)31(25-4-3-23(29)62-25)35-41(57)17(49)11-18(50)42(35)58/h1-12,61,64H. The molecule has 0 atom stereocenters. The minimum absolute atomic E-state index is 0.164. The van der Waals surface area contributed by atoms with E-state index in [2.05, 4.69) is 19.9 Å². The van der Waals surface area contributed by atoms with E-state index in [1.165, 1.54) is 0 Å². The first-order chi connectivity index (χ1) is 30.4. The van der Waals surface area contributed by atoms with Crippen molar-refractivity contribution in [2.45, 2.75) is 0 Å². The summed E-state index contributed by atoms with van der Waals surface area (Å²) in [5, 5.41) is 0. The molecule has 0 radical (unpaired) electrons. The van der Waals surface area contributed by atoms with Crippen LogP contribution in [0.3, 0.4) is 0 Å². The summed E-state index contributed by atoms with van der Waals surface area (Å²) in [7, 11) is 0. The molecule has 20 heteroatoms. The Kier molecular flexibility index (Phi) is 9.79. The number of rotatable bonds is 4. The average molecular weight is 903 g/mol. The van der Waals surface area contributed by atoms with Crippen molar-refractivity contribution in [1.29, 1.82) is 0 Å². The zero-order valence-electron chi connectivity index (χ0n) is 30.9. The third-order valence-electron chi connectivity index (χ3n) is 10.2. The van der Waals surface area contributed by atoms with Crippen molar-refractivity contribution in [3.63, 3.8) is 0 Å². The minimum atomic E-state index is -2.07. The molecule has 64 heavy (non-hydrogen) atoms. The van der Waals surface area contributed by atoms with Gasteiger partial charge in [-0.3, -0.25) is 0 Å². The highest BCUT2D eigenvalue weighted by Gasteiger charge is 2.31. The molecule has 0 spiro atoms. The van der Waals surface area contributed by atoms with Gasteiger partial charge in [-0.2, -0.15) is 0 Å². The third-order valence-corrected chi connectivity index (χ3v) is 10.2. The van der Waals surface area contributed by atoms with E-state index < -0.39 is 182 Å². The van der Waals surface area contributed by atoms with Gasteiger partial charge in [0, 0.05) is 68.6 Å². The minimum Gasteiger partial charge on any atom is -0.354 e. The molecule has 2 aliphatic heterocycles. The largest absolute Gasteiger partial charge is 0.354 e. The monoisotopic (exact) mass is 902 g/mol. The number of benzene rings is 4. The van der Waals surface area contributed by atoms with Crippen LogP contribution in [0.15, 0.2) is 48.5 Å². The number of fused-ring (bicyclic) bond motifs is 8. The second kappa shape index (κ2) is 15.0. The van der Waals surface area contributed by atoms with Gasteiger partial charge >= 0.3 is 0 Å². The van der Waals surface area contributed by atoms with Crippen molar-refractivity contribution >= 4 is 46.4 Å². The molecule has 4 aromatic carbocycles. The Bertz CT molecular complexity index is 2930. The molecular weight excluding hydrogens is 888 g/mol. The molecule has 5 heterocycles. The zero-order chi connectivity index (χ0) is 45.8. The molecular formula is C44H14F16N4. The van der Waals surface area contributed by atoms with Gasteiger partial charge in [0.2, 0.25) is 0 Å². The normalized spacial score (nSPS) is 12.2. The fourth-order valence-electron chi connectivity index (χ4n) is 7.43. The summed E-state index contributed by atoms with van der Waals surface area (Å²) in [6, 6.07) is 2.77. The lowest BCUT2D eigenvalue weighted by Gasteiger charge is -2.11. The van der Waals surface area contributed by atoms with E-state index in [9.17, 15) is 35.1 Å². The van der Waals surface area contributed by atoms with Crippen LogP contribution in [0.1, 0.15) is 22.8 Å². The summed E-state index contributed by atoms with van der Waals surface area (Å²) >= 11 is 0. The SMILES string of the molecule is Fc1cc(F)c(F)c(-c2c3nc(c(-c4c(F)c(F)cc(F)c4F)c4ccc([nH]4)c(-c4c(F)c(F)cc(F)c4F)c4nc(c(-c5c(F)c(F)cc(F)c5F)c5ccc2[nH]5)C=C4)C=C3)c1F. The Morgan fingerprint density at radius 2 is 0.422 bits per heavy atom. The summed E-state index contributed by atoms with van der Waals surface area (Å²) in [4.78, 5) is 13.2. The number of halogens is 16. The number of aromatic nitrogens is 4. The lowest BCUT2D eigenvalue weighted by atomic mass is 10.0. The summed E-state index contributed by atoms with van der Waals surface area (Å²) in [6.45, 7) is 0. The second-order valence-electron chi connectivity index (χ2n) is 13.9. The Morgan fingerprint density at radius 3 is 0.594 bits per heavy atom. The Morgan fingerprint density at radius 1 is 0.250 bits per heavy atom. The van der Waals surface area contributed by atoms with E-state index in [0.29, 0.717) is 0 Å². The first-order valence-corrected chi connectivity index (χ1v) is 17.9. The highest BCUT2D eigenvalue weighted by molar-refractivity contribution is 6.00. The number of H-pyrrole nitrogens is 2. The molecule has 8 bridgehead atoms. The van der Waals surface area contributed by atoms with E-state index in [1.54, 1.807) is 0 Å². The predicted molar refractivity (Wildman–Crippen MR) is 200 cm³/mol. The maximum absolute atomic E-state index is 15.8. The lowest BCUT2D eigenvalue weighted by molar-refractivity contribution is 0.458. The molecule has 0 saturated carbocycles. The highest BCUT2D eigenvalue weighted by Crippen LogP contribution is 2.43. The third kappa shape index (κ3) is 6.33. The van der Waals surface area contributed by atoms with Crippen LogP contribution in [-0.4, -0.2) is 19.9 Å². The van der Waals surface area contributed by atoms with Crippen molar-refractivity contribution in [3.05, 3.63) is 164 Å². The van der Waals surface area contributed by atoms with E-state index in [1.807, 2.05) is 0 Å². The van der Waals surface area contributed by atoms with Crippen molar-refractivity contribution in [3.8, 4) is 44.5 Å². The van der Waals surface area contributed by atoms with Crippen LogP contribution in [0.25, 0.3) is 90.9 Å². The van der Waals surface area contributed by atoms with E-state index in [0.717, 1.165) is 48.6 Å². The Labute approximate surface area is 345 Å². The summed E-state index contributed by atoms with van der Waals surface area (Å²) in [5.41, 5.74) is -15.6. The maximum Gasteiger partial charge on any atom is 0.169 e. The van der Waals surface area contributed by atoms with Gasteiger partial charge in [0.15, 0.2) is 93.1 Å². The number of hydrogen-bond acceptors (Lipinski definition) is 2. The lowest BCUT2D eigenvalue weighted by Crippen LogP contribution is -2.02. The van der Waals surface area contributed by atoms with Crippen LogP contribution < -0.4 is 0 Å². The summed E-state index contributed by atoms with van der Waals surface area (Å²) in [5.74, 6) is -32.4. The topological polar surface area (TPSA) is 57.4 Å². The van der Waals surface area contributed by atoms with Gasteiger partial charge in [0.1, 0.15) is 0 Å². The summed E-state index contributed by atoms with van der Waals surface area (Å²) in [6.07, 6.45) is 3.31. The van der Waals surface area contributed by atoms with Crippen LogP contribution >= 0.6 is 0 Å². The fraction of sp³-hybridized carbons (Fsp3) is 0. The van der Waals surface area contributed by atoms with Gasteiger partial charge < -0.3 is 9.97 Å². The first-order valence-electron chi connectivity index (χ1n) is 17.9. The van der Waals surface area contributed by atoms with Gasteiger partial charge in [-0.05, 0) is 48.6 Å². The Hall–Kier alpha value is -7.64. The number of aromatic amines is 2. The van der Waals surface area contributed by atoms with E-state index >= 15 is 35.1 Å². The summed E-state index contributed by atoms with van der Waals surface area (Å²) < 4.78 is 245. The molecule has 0 unspecified atom stereocenters. The average Bonchev–Trinajstić information content (AvgIpc) is 4.10. The maximum atomic E-state index is 15.8. The van der Waals surface area contributed by atoms with Crippen LogP contribution in [-0.2, 0) is 0 Å². The Balaban J connectivity index is 1.59. The smallest absolute Gasteiger partial charge is 0.169 e. The molecule has 2 aliphatic rings. The van der Waals surface area contributed by atoms with Crippen LogP contribution in [0.4, 0.5) is 70.2 Å². The van der Waals surface area contributed by atoms with Crippen LogP contribution in [0.2, 0.25) is 0 Å². The highest BCUT2D eigenvalue weighted by atomic mass is 19.2. The molecule has 3 aromatic heterocycles. The van der Waals surface area contributed by atoms with Crippen molar-refractivity contribution in [2.24, 2.45) is 0 Å². The molecule has 0 fully saturated rings. The van der Waals surface area contributed by atoms with E-state index in [4.69, 9.17) is 0 Å². The van der Waals surface area contributed by atoms with Gasteiger partial charge in [-0.15, -0.1) is 0 Å². The molecule has 0 amide bonds. The van der Waals surface area contributed by atoms with Gasteiger partial charge in [-0.25, -0.2) is 80.2 Å². The molecule has 7 aromatic rings.